The first-order valence-electron chi connectivity index (χ1n) is 12.1. The lowest BCUT2D eigenvalue weighted by atomic mass is 10.1. The van der Waals surface area contributed by atoms with Crippen LogP contribution in [0.5, 0.6) is 0 Å². The van der Waals surface area contributed by atoms with Crippen LogP contribution in [-0.2, 0) is 4.74 Å². The van der Waals surface area contributed by atoms with Crippen LogP contribution in [0.1, 0.15) is 33.6 Å². The van der Waals surface area contributed by atoms with Crippen LogP contribution in [0.15, 0.2) is 48.7 Å². The summed E-state index contributed by atoms with van der Waals surface area (Å²) >= 11 is 1.58. The van der Waals surface area contributed by atoms with Gasteiger partial charge in [0.25, 0.3) is 5.91 Å². The minimum atomic E-state index is -0.0555. The van der Waals surface area contributed by atoms with Crippen LogP contribution >= 0.6 is 11.3 Å². The van der Waals surface area contributed by atoms with E-state index in [1.54, 1.807) is 17.5 Å². The Labute approximate surface area is 209 Å². The molecule has 0 aliphatic carbocycles. The van der Waals surface area contributed by atoms with Crippen LogP contribution in [0.4, 0.5) is 5.13 Å². The zero-order valence-corrected chi connectivity index (χ0v) is 21.3. The largest absolute Gasteiger partial charge is 0.379 e. The number of hydrogen-bond acceptors (Lipinski definition) is 6. The van der Waals surface area contributed by atoms with E-state index in [0.29, 0.717) is 12.1 Å². The molecule has 2 aromatic carbocycles. The van der Waals surface area contributed by atoms with Crippen molar-refractivity contribution in [3.63, 3.8) is 0 Å². The fraction of sp³-hybridized carbons (Fsp3) is 0.370. The van der Waals surface area contributed by atoms with Gasteiger partial charge in [0.2, 0.25) is 0 Å². The zero-order chi connectivity index (χ0) is 24.4. The van der Waals surface area contributed by atoms with Crippen molar-refractivity contribution in [2.45, 2.75) is 27.2 Å². The highest BCUT2D eigenvalue weighted by atomic mass is 32.1. The lowest BCUT2D eigenvalue weighted by Crippen LogP contribution is -2.39. The summed E-state index contributed by atoms with van der Waals surface area (Å²) in [6.07, 6.45) is 2.55. The second-order valence-electron chi connectivity index (χ2n) is 9.01. The maximum absolute atomic E-state index is 13.9. The van der Waals surface area contributed by atoms with E-state index in [0.717, 1.165) is 66.0 Å². The normalized spacial score (nSPS) is 14.5. The van der Waals surface area contributed by atoms with Crippen molar-refractivity contribution < 1.29 is 9.53 Å². The highest BCUT2D eigenvalue weighted by Gasteiger charge is 2.26. The number of benzene rings is 2. The van der Waals surface area contributed by atoms with E-state index in [9.17, 15) is 4.79 Å². The van der Waals surface area contributed by atoms with Crippen molar-refractivity contribution in [3.8, 4) is 5.69 Å². The highest BCUT2D eigenvalue weighted by molar-refractivity contribution is 7.22. The number of carbonyl (C=O) groups is 1. The zero-order valence-electron chi connectivity index (χ0n) is 20.5. The molecule has 8 heteroatoms. The summed E-state index contributed by atoms with van der Waals surface area (Å²) in [7, 11) is 0. The molecule has 3 heterocycles. The molecule has 0 unspecified atom stereocenters. The number of hydrogen-bond donors (Lipinski definition) is 0. The summed E-state index contributed by atoms with van der Waals surface area (Å²) in [6.45, 7) is 11.1. The van der Waals surface area contributed by atoms with Crippen molar-refractivity contribution in [2.24, 2.45) is 0 Å². The minimum Gasteiger partial charge on any atom is -0.379 e. The number of fused-ring (bicyclic) bond motifs is 1. The van der Waals surface area contributed by atoms with Crippen LogP contribution in [0.25, 0.3) is 15.9 Å². The third kappa shape index (κ3) is 4.87. The molecule has 0 spiro atoms. The van der Waals surface area contributed by atoms with Gasteiger partial charge in [0.1, 0.15) is 0 Å². The number of aromatic nitrogens is 3. The number of morpholine rings is 1. The van der Waals surface area contributed by atoms with Gasteiger partial charge in [-0.15, -0.1) is 0 Å². The quantitative estimate of drug-likeness (QED) is 0.374. The second kappa shape index (κ2) is 10.3. The summed E-state index contributed by atoms with van der Waals surface area (Å²) in [5, 5.41) is 5.28. The van der Waals surface area contributed by atoms with Gasteiger partial charge in [-0.05, 0) is 56.5 Å². The Morgan fingerprint density at radius 2 is 1.86 bits per heavy atom. The van der Waals surface area contributed by atoms with Crippen LogP contribution < -0.4 is 4.90 Å². The van der Waals surface area contributed by atoms with Gasteiger partial charge in [-0.1, -0.05) is 35.6 Å². The second-order valence-corrected chi connectivity index (χ2v) is 10.0. The van der Waals surface area contributed by atoms with Crippen molar-refractivity contribution in [2.75, 3.05) is 44.3 Å². The number of ether oxygens (including phenoxy) is 1. The fourth-order valence-corrected chi connectivity index (χ4v) is 5.53. The topological polar surface area (TPSA) is 63.5 Å². The molecule has 5 rings (SSSR count). The monoisotopic (exact) mass is 489 g/mol. The maximum Gasteiger partial charge on any atom is 0.263 e. The van der Waals surface area contributed by atoms with Gasteiger partial charge in [0.15, 0.2) is 5.13 Å². The predicted molar refractivity (Wildman–Crippen MR) is 141 cm³/mol. The number of amides is 1. The highest BCUT2D eigenvalue weighted by Crippen LogP contribution is 2.33. The summed E-state index contributed by atoms with van der Waals surface area (Å²) in [6, 6.07) is 14.1. The van der Waals surface area contributed by atoms with E-state index in [-0.39, 0.29) is 5.91 Å². The number of aryl methyl sites for hydroxylation is 2. The van der Waals surface area contributed by atoms with E-state index in [1.165, 1.54) is 11.1 Å². The third-order valence-electron chi connectivity index (χ3n) is 6.75. The Morgan fingerprint density at radius 1 is 1.09 bits per heavy atom. The van der Waals surface area contributed by atoms with Gasteiger partial charge in [-0.2, -0.15) is 5.10 Å². The van der Waals surface area contributed by atoms with E-state index >= 15 is 0 Å². The number of para-hydroxylation sites is 1. The van der Waals surface area contributed by atoms with Crippen molar-refractivity contribution in [1.29, 1.82) is 0 Å². The molecule has 2 aromatic heterocycles. The SMILES string of the molecule is Cc1ccc2sc(N(CCCN3CCOCC3)C(=O)c3cnn(-c4ccccc4)c3C)nc2c1C. The van der Waals surface area contributed by atoms with E-state index < -0.39 is 0 Å². The molecular weight excluding hydrogens is 458 g/mol. The minimum absolute atomic E-state index is 0.0555. The van der Waals surface area contributed by atoms with Crippen LogP contribution in [0.3, 0.4) is 0 Å². The molecule has 0 bridgehead atoms. The standard InChI is InChI=1S/C27H31N5O2S/c1-19-10-11-24-25(20(19)2)29-27(35-24)31(13-7-12-30-14-16-34-17-15-30)26(33)23-18-28-32(21(23)3)22-8-5-4-6-9-22/h4-6,8-11,18H,7,12-17H2,1-3H3. The van der Waals surface area contributed by atoms with Gasteiger partial charge in [0, 0.05) is 26.2 Å². The lowest BCUT2D eigenvalue weighted by Gasteiger charge is -2.27. The molecule has 0 N–H and O–H groups in total. The molecule has 0 radical (unpaired) electrons. The molecule has 1 fully saturated rings. The molecule has 1 saturated heterocycles. The molecule has 1 amide bonds. The molecule has 4 aromatic rings. The Bertz CT molecular complexity index is 1320. The smallest absolute Gasteiger partial charge is 0.263 e. The van der Waals surface area contributed by atoms with Crippen molar-refractivity contribution in [1.82, 2.24) is 19.7 Å². The molecule has 1 aliphatic rings. The molecule has 35 heavy (non-hydrogen) atoms. The van der Waals surface area contributed by atoms with Crippen LogP contribution in [-0.4, -0.2) is 65.0 Å². The Hall–Kier alpha value is -3.07. The number of anilines is 1. The first-order chi connectivity index (χ1) is 17.0. The fourth-order valence-electron chi connectivity index (χ4n) is 4.49. The Kier molecular flexibility index (Phi) is 6.95. The molecule has 182 valence electrons. The van der Waals surface area contributed by atoms with Gasteiger partial charge < -0.3 is 4.74 Å². The average Bonchev–Trinajstić information content (AvgIpc) is 3.49. The maximum atomic E-state index is 13.9. The molecule has 7 nitrogen and oxygen atoms in total. The first kappa shape index (κ1) is 23.7. The summed E-state index contributed by atoms with van der Waals surface area (Å²) in [5.74, 6) is -0.0555. The van der Waals surface area contributed by atoms with Gasteiger partial charge in [-0.3, -0.25) is 14.6 Å². The third-order valence-corrected chi connectivity index (χ3v) is 7.79. The predicted octanol–water partition coefficient (Wildman–Crippen LogP) is 4.78. The van der Waals surface area contributed by atoms with Crippen molar-refractivity contribution in [3.05, 3.63) is 71.0 Å². The average molecular weight is 490 g/mol. The van der Waals surface area contributed by atoms with Crippen LogP contribution in [0, 0.1) is 20.8 Å². The first-order valence-corrected chi connectivity index (χ1v) is 12.9. The molecule has 0 saturated carbocycles. The number of nitrogens with zero attached hydrogens (tertiary/aromatic N) is 5. The van der Waals surface area contributed by atoms with E-state index in [1.807, 2.05) is 46.8 Å². The molecule has 0 atom stereocenters. The number of thiazole rings is 1. The van der Waals surface area contributed by atoms with Gasteiger partial charge >= 0.3 is 0 Å². The van der Waals surface area contributed by atoms with Gasteiger partial charge in [0.05, 0.1) is 46.6 Å². The summed E-state index contributed by atoms with van der Waals surface area (Å²) in [5.41, 5.74) is 5.72. The number of carbonyl (C=O) groups excluding carboxylic acids is 1. The Morgan fingerprint density at radius 3 is 2.63 bits per heavy atom. The lowest BCUT2D eigenvalue weighted by molar-refractivity contribution is 0.0376. The summed E-state index contributed by atoms with van der Waals surface area (Å²) in [4.78, 5) is 23.1. The number of rotatable bonds is 7. The molecular formula is C27H31N5O2S. The van der Waals surface area contributed by atoms with E-state index in [2.05, 4.69) is 36.0 Å². The van der Waals surface area contributed by atoms with E-state index in [4.69, 9.17) is 9.72 Å². The summed E-state index contributed by atoms with van der Waals surface area (Å²) < 4.78 is 8.40. The molecule has 1 aliphatic heterocycles. The van der Waals surface area contributed by atoms with Crippen LogP contribution in [0.2, 0.25) is 0 Å². The Balaban J connectivity index is 1.45. The van der Waals surface area contributed by atoms with Crippen molar-refractivity contribution >= 4 is 32.6 Å². The van der Waals surface area contributed by atoms with Gasteiger partial charge in [-0.25, -0.2) is 9.67 Å².